The number of ether oxygens (including phenoxy) is 1. The van der Waals surface area contributed by atoms with Gasteiger partial charge >= 0.3 is 0 Å². The molecule has 0 saturated heterocycles. The summed E-state index contributed by atoms with van der Waals surface area (Å²) < 4.78 is 10.4. The molecule has 70 valence electrons. The third kappa shape index (κ3) is 4.15. The van der Waals surface area contributed by atoms with Crippen molar-refractivity contribution in [2.45, 2.75) is 13.5 Å². The Morgan fingerprint density at radius 3 is 3.08 bits per heavy atom. The van der Waals surface area contributed by atoms with Gasteiger partial charge in [0.15, 0.2) is 7.98 Å². The van der Waals surface area contributed by atoms with Crippen LogP contribution < -0.4 is 0 Å². The molecule has 0 fully saturated rings. The van der Waals surface area contributed by atoms with Crippen LogP contribution in [0.5, 0.6) is 0 Å². The summed E-state index contributed by atoms with van der Waals surface area (Å²) in [7, 11) is 5.56. The number of nitrogens with zero attached hydrogens (tertiary/aromatic N) is 1. The van der Waals surface area contributed by atoms with E-state index in [9.17, 15) is 0 Å². The summed E-state index contributed by atoms with van der Waals surface area (Å²) >= 11 is 0. The van der Waals surface area contributed by atoms with Gasteiger partial charge in [-0.1, -0.05) is 6.92 Å². The molecule has 4 heteroatoms. The van der Waals surface area contributed by atoms with E-state index >= 15 is 0 Å². The van der Waals surface area contributed by atoms with Gasteiger partial charge in [-0.15, -0.1) is 0 Å². The highest BCUT2D eigenvalue weighted by Crippen LogP contribution is 2.01. The van der Waals surface area contributed by atoms with Crippen LogP contribution in [0.4, 0.5) is 0 Å². The van der Waals surface area contributed by atoms with Crippen molar-refractivity contribution in [3.63, 3.8) is 0 Å². The molecule has 0 aromatic carbocycles. The summed E-state index contributed by atoms with van der Waals surface area (Å²) in [6, 6.07) is 3.74. The zero-order chi connectivity index (χ0) is 9.52. The predicted octanol–water partition coefficient (Wildman–Crippen LogP) is 1.20. The van der Waals surface area contributed by atoms with Gasteiger partial charge in [-0.05, 0) is 18.7 Å². The molecule has 1 heterocycles. The molecule has 0 atom stereocenters. The second-order valence-corrected chi connectivity index (χ2v) is 2.76. The summed E-state index contributed by atoms with van der Waals surface area (Å²) in [5, 5.41) is 0. The minimum absolute atomic E-state index is 0.518. The Labute approximate surface area is 80.1 Å². The normalized spacial score (nSPS) is 10.9. The lowest BCUT2D eigenvalue weighted by molar-refractivity contribution is 0.0979. The fourth-order valence-corrected chi connectivity index (χ4v) is 0.907. The highest BCUT2D eigenvalue weighted by atomic mass is 16.5. The van der Waals surface area contributed by atoms with Gasteiger partial charge in [0.1, 0.15) is 12.4 Å². The predicted molar refractivity (Wildman–Crippen MR) is 51.4 cm³/mol. The molecule has 0 amide bonds. The molecule has 0 saturated carbocycles. The van der Waals surface area contributed by atoms with Gasteiger partial charge in [-0.3, -0.25) is 0 Å². The monoisotopic (exact) mass is 179 g/mol. The van der Waals surface area contributed by atoms with Crippen LogP contribution in [-0.4, -0.2) is 32.5 Å². The molecule has 0 spiro atoms. The number of furan rings is 1. The Kier molecular flexibility index (Phi) is 4.64. The highest BCUT2D eigenvalue weighted by Gasteiger charge is 1.96. The van der Waals surface area contributed by atoms with Gasteiger partial charge in [-0.25, -0.2) is 0 Å². The Bertz CT molecular complexity index is 213. The van der Waals surface area contributed by atoms with Crippen molar-refractivity contribution >= 4 is 7.98 Å². The summed E-state index contributed by atoms with van der Waals surface area (Å²) in [6.07, 6.45) is 1.64. The number of hydrogen-bond acceptors (Lipinski definition) is 3. The molecule has 0 bridgehead atoms. The van der Waals surface area contributed by atoms with Crippen LogP contribution in [0.25, 0.3) is 0 Å². The Balaban J connectivity index is 2.02. The molecular weight excluding hydrogens is 165 g/mol. The average Bonchev–Trinajstić information content (AvgIpc) is 2.64. The fourth-order valence-electron chi connectivity index (χ4n) is 0.907. The largest absolute Gasteiger partial charge is 0.467 e. The molecule has 0 aliphatic heterocycles. The maximum Gasteiger partial charge on any atom is 0.182 e. The minimum atomic E-state index is 0.518. The molecule has 3 nitrogen and oxygen atoms in total. The zero-order valence-electron chi connectivity index (χ0n) is 7.90. The van der Waals surface area contributed by atoms with E-state index in [2.05, 4.69) is 0 Å². The first kappa shape index (κ1) is 10.3. The third-order valence-corrected chi connectivity index (χ3v) is 1.75. The smallest absolute Gasteiger partial charge is 0.182 e. The lowest BCUT2D eigenvalue weighted by atomic mass is 10.3. The van der Waals surface area contributed by atoms with E-state index in [1.54, 1.807) is 11.1 Å². The number of likely N-dealkylation sites (N-methyl/N-ethyl adjacent to an activating group) is 1. The molecule has 2 radical (unpaired) electrons. The van der Waals surface area contributed by atoms with Gasteiger partial charge in [0.05, 0.1) is 12.9 Å². The first-order chi connectivity index (χ1) is 6.33. The molecule has 13 heavy (non-hydrogen) atoms. The molecule has 0 unspecified atom stereocenters. The van der Waals surface area contributed by atoms with E-state index in [4.69, 9.17) is 17.1 Å². The fraction of sp³-hybridized carbons (Fsp3) is 0.556. The first-order valence-electron chi connectivity index (χ1n) is 4.42. The van der Waals surface area contributed by atoms with Gasteiger partial charge < -0.3 is 14.0 Å². The van der Waals surface area contributed by atoms with E-state index in [0.29, 0.717) is 13.2 Å². The summed E-state index contributed by atoms with van der Waals surface area (Å²) in [5.74, 6) is 0.847. The lowest BCUT2D eigenvalue weighted by Crippen LogP contribution is -2.24. The minimum Gasteiger partial charge on any atom is -0.467 e. The Morgan fingerprint density at radius 1 is 1.62 bits per heavy atom. The zero-order valence-corrected chi connectivity index (χ0v) is 7.90. The Morgan fingerprint density at radius 2 is 2.46 bits per heavy atom. The molecule has 1 rings (SSSR count). The highest BCUT2D eigenvalue weighted by molar-refractivity contribution is 6.04. The summed E-state index contributed by atoms with van der Waals surface area (Å²) in [4.78, 5) is 1.71. The average molecular weight is 179 g/mol. The van der Waals surface area contributed by atoms with Crippen LogP contribution in [0.2, 0.25) is 0 Å². The molecule has 0 aliphatic carbocycles. The number of rotatable bonds is 6. The van der Waals surface area contributed by atoms with E-state index in [0.717, 1.165) is 18.8 Å². The van der Waals surface area contributed by atoms with E-state index in [1.165, 1.54) is 0 Å². The van der Waals surface area contributed by atoms with E-state index in [-0.39, 0.29) is 0 Å². The molecule has 1 aromatic heterocycles. The van der Waals surface area contributed by atoms with Crippen LogP contribution in [-0.2, 0) is 11.3 Å². The van der Waals surface area contributed by atoms with Crippen LogP contribution in [0.1, 0.15) is 12.7 Å². The van der Waals surface area contributed by atoms with Crippen LogP contribution >= 0.6 is 0 Å². The van der Waals surface area contributed by atoms with Crippen molar-refractivity contribution in [2.24, 2.45) is 0 Å². The van der Waals surface area contributed by atoms with Crippen molar-refractivity contribution < 1.29 is 9.15 Å². The van der Waals surface area contributed by atoms with Gasteiger partial charge in [0.2, 0.25) is 0 Å². The maximum atomic E-state index is 5.56. The molecular formula is C9H14BNO2. The van der Waals surface area contributed by atoms with Crippen molar-refractivity contribution in [1.82, 2.24) is 4.81 Å². The third-order valence-electron chi connectivity index (χ3n) is 1.75. The molecule has 1 aromatic rings. The second kappa shape index (κ2) is 5.83. The lowest BCUT2D eigenvalue weighted by Gasteiger charge is -2.13. The summed E-state index contributed by atoms with van der Waals surface area (Å²) in [5.41, 5.74) is 0. The van der Waals surface area contributed by atoms with Crippen LogP contribution in [0.3, 0.4) is 0 Å². The van der Waals surface area contributed by atoms with Crippen molar-refractivity contribution in [3.05, 3.63) is 24.2 Å². The van der Waals surface area contributed by atoms with Crippen molar-refractivity contribution in [2.75, 3.05) is 19.7 Å². The van der Waals surface area contributed by atoms with Gasteiger partial charge in [0, 0.05) is 6.54 Å². The van der Waals surface area contributed by atoms with Crippen molar-refractivity contribution in [3.8, 4) is 0 Å². The van der Waals surface area contributed by atoms with Crippen LogP contribution in [0.15, 0.2) is 22.8 Å². The van der Waals surface area contributed by atoms with E-state index < -0.39 is 0 Å². The maximum absolute atomic E-state index is 5.56. The summed E-state index contributed by atoms with van der Waals surface area (Å²) in [6.45, 7) is 4.74. The quantitative estimate of drug-likeness (QED) is 0.484. The molecule has 0 N–H and O–H groups in total. The van der Waals surface area contributed by atoms with Gasteiger partial charge in [0.25, 0.3) is 0 Å². The Hall–Kier alpha value is -0.735. The SMILES string of the molecule is [B]N(CC)CCOCc1ccco1. The van der Waals surface area contributed by atoms with Gasteiger partial charge in [-0.2, -0.15) is 0 Å². The van der Waals surface area contributed by atoms with E-state index in [1.807, 2.05) is 19.1 Å². The topological polar surface area (TPSA) is 25.6 Å². The standard InChI is InChI=1S/C9H14BNO2/c1-2-11(10)5-7-12-8-9-4-3-6-13-9/h3-4,6H,2,5,7-8H2,1H3. The van der Waals surface area contributed by atoms with Crippen LogP contribution in [0, 0.1) is 0 Å². The second-order valence-electron chi connectivity index (χ2n) is 2.76. The molecule has 0 aliphatic rings. The van der Waals surface area contributed by atoms with Crippen molar-refractivity contribution in [1.29, 1.82) is 0 Å². The number of hydrogen-bond donors (Lipinski definition) is 0. The first-order valence-corrected chi connectivity index (χ1v) is 4.42.